The number of piperidine rings is 1. The third kappa shape index (κ3) is 2.81. The Morgan fingerprint density at radius 3 is 2.54 bits per heavy atom. The van der Waals surface area contributed by atoms with Gasteiger partial charge in [-0.25, -0.2) is 8.78 Å². The van der Waals surface area contributed by atoms with Gasteiger partial charge in [0, 0.05) is 31.8 Å². The Labute approximate surface area is 138 Å². The number of hydrogen-bond acceptors (Lipinski definition) is 5. The maximum absolute atomic E-state index is 13.0. The van der Waals surface area contributed by atoms with Gasteiger partial charge in [0.1, 0.15) is 6.10 Å². The van der Waals surface area contributed by atoms with Crippen LogP contribution in [-0.4, -0.2) is 45.6 Å². The highest BCUT2D eigenvalue weighted by Crippen LogP contribution is 2.46. The zero-order chi connectivity index (χ0) is 16.9. The van der Waals surface area contributed by atoms with Crippen LogP contribution < -0.4 is 0 Å². The molecular weight excluding hydrogens is 320 g/mol. The summed E-state index contributed by atoms with van der Waals surface area (Å²) in [5.74, 6) is -2.18. The number of halogens is 2. The van der Waals surface area contributed by atoms with Crippen LogP contribution in [-0.2, 0) is 9.53 Å². The van der Waals surface area contributed by atoms with Crippen LogP contribution in [0.25, 0.3) is 0 Å². The van der Waals surface area contributed by atoms with E-state index in [9.17, 15) is 13.6 Å². The van der Waals surface area contributed by atoms with Crippen molar-refractivity contribution in [2.24, 2.45) is 5.92 Å². The number of nitrogens with zero attached hydrogens (tertiary/aromatic N) is 3. The van der Waals surface area contributed by atoms with E-state index in [1.807, 2.05) is 0 Å². The largest absolute Gasteiger partial charge is 0.362 e. The summed E-state index contributed by atoms with van der Waals surface area (Å²) in [6.07, 6.45) is 2.38. The molecule has 0 unspecified atom stereocenters. The molecule has 2 aliphatic heterocycles. The molecule has 6 nitrogen and oxygen atoms in total. The zero-order valence-corrected chi connectivity index (χ0v) is 13.6. The van der Waals surface area contributed by atoms with Gasteiger partial charge in [-0.3, -0.25) is 4.79 Å². The first-order valence-electron chi connectivity index (χ1n) is 8.51. The molecule has 0 radical (unpaired) electrons. The van der Waals surface area contributed by atoms with Crippen molar-refractivity contribution in [1.82, 2.24) is 15.0 Å². The third-order valence-electron chi connectivity index (χ3n) is 5.50. The fraction of sp³-hybridized carbons (Fsp3) is 0.812. The fourth-order valence-corrected chi connectivity index (χ4v) is 4.03. The molecule has 1 amide bonds. The lowest BCUT2D eigenvalue weighted by atomic mass is 9.79. The van der Waals surface area contributed by atoms with E-state index in [-0.39, 0.29) is 30.5 Å². The van der Waals surface area contributed by atoms with Gasteiger partial charge in [-0.05, 0) is 32.6 Å². The summed E-state index contributed by atoms with van der Waals surface area (Å²) in [4.78, 5) is 18.2. The molecular formula is C16H21F2N3O3. The molecule has 2 saturated heterocycles. The first-order chi connectivity index (χ1) is 11.4. The highest BCUT2D eigenvalue weighted by Gasteiger charge is 2.51. The van der Waals surface area contributed by atoms with Crippen molar-refractivity contribution in [2.75, 3.05) is 13.1 Å². The molecule has 1 atom stereocenters. The summed E-state index contributed by atoms with van der Waals surface area (Å²) in [5.41, 5.74) is -0.257. The normalized spacial score (nSPS) is 29.0. The van der Waals surface area contributed by atoms with Crippen molar-refractivity contribution in [3.8, 4) is 0 Å². The van der Waals surface area contributed by atoms with Crippen molar-refractivity contribution in [1.29, 1.82) is 0 Å². The van der Waals surface area contributed by atoms with E-state index in [2.05, 4.69) is 10.1 Å². The SMILES string of the molecule is Cc1noc([C@H]2CCC3(CCN(C(=O)C4CC(F)(F)C4)CC3)O2)n1. The van der Waals surface area contributed by atoms with Gasteiger partial charge in [0.25, 0.3) is 5.89 Å². The van der Waals surface area contributed by atoms with E-state index >= 15 is 0 Å². The first kappa shape index (κ1) is 15.9. The van der Waals surface area contributed by atoms with E-state index < -0.39 is 11.8 Å². The molecule has 24 heavy (non-hydrogen) atoms. The Hall–Kier alpha value is -1.57. The number of aromatic nitrogens is 2. The second-order valence-corrected chi connectivity index (χ2v) is 7.29. The molecule has 3 heterocycles. The first-order valence-corrected chi connectivity index (χ1v) is 8.51. The minimum absolute atomic E-state index is 0.127. The van der Waals surface area contributed by atoms with Crippen LogP contribution in [0.4, 0.5) is 8.78 Å². The van der Waals surface area contributed by atoms with Crippen LogP contribution in [0.3, 0.4) is 0 Å². The molecule has 4 rings (SSSR count). The minimum atomic E-state index is -2.65. The van der Waals surface area contributed by atoms with Crippen LogP contribution in [0.1, 0.15) is 56.3 Å². The van der Waals surface area contributed by atoms with Crippen molar-refractivity contribution in [3.05, 3.63) is 11.7 Å². The third-order valence-corrected chi connectivity index (χ3v) is 5.50. The van der Waals surface area contributed by atoms with E-state index in [0.29, 0.717) is 24.8 Å². The zero-order valence-electron chi connectivity index (χ0n) is 13.6. The number of ether oxygens (including phenoxy) is 1. The highest BCUT2D eigenvalue weighted by molar-refractivity contribution is 5.80. The number of aryl methyl sites for hydroxylation is 1. The molecule has 1 saturated carbocycles. The number of hydrogen-bond donors (Lipinski definition) is 0. The van der Waals surface area contributed by atoms with Crippen molar-refractivity contribution < 1.29 is 22.8 Å². The summed E-state index contributed by atoms with van der Waals surface area (Å²) in [6, 6.07) is 0. The molecule has 3 fully saturated rings. The van der Waals surface area contributed by atoms with Gasteiger partial charge in [-0.15, -0.1) is 0 Å². The topological polar surface area (TPSA) is 68.5 Å². The Bertz CT molecular complexity index is 632. The number of rotatable bonds is 2. The van der Waals surface area contributed by atoms with Crippen LogP contribution in [0.5, 0.6) is 0 Å². The number of carbonyl (C=O) groups is 1. The van der Waals surface area contributed by atoms with Gasteiger partial charge in [-0.1, -0.05) is 5.16 Å². The minimum Gasteiger partial charge on any atom is -0.362 e. The van der Waals surface area contributed by atoms with Crippen LogP contribution in [0.2, 0.25) is 0 Å². The number of alkyl halides is 2. The number of likely N-dealkylation sites (tertiary alicyclic amines) is 1. The summed E-state index contributed by atoms with van der Waals surface area (Å²) >= 11 is 0. The number of carbonyl (C=O) groups excluding carboxylic acids is 1. The van der Waals surface area contributed by atoms with Gasteiger partial charge < -0.3 is 14.2 Å². The molecule has 1 aliphatic carbocycles. The van der Waals surface area contributed by atoms with Crippen molar-refractivity contribution in [3.63, 3.8) is 0 Å². The van der Waals surface area contributed by atoms with E-state index in [0.717, 1.165) is 25.7 Å². The average Bonchev–Trinajstić information content (AvgIpc) is 3.12. The molecule has 1 aromatic heterocycles. The second-order valence-electron chi connectivity index (χ2n) is 7.29. The molecule has 1 spiro atoms. The van der Waals surface area contributed by atoms with E-state index in [1.165, 1.54) is 0 Å². The van der Waals surface area contributed by atoms with Gasteiger partial charge in [0.05, 0.1) is 5.60 Å². The molecule has 0 bridgehead atoms. The molecule has 3 aliphatic rings. The maximum Gasteiger partial charge on any atom is 0.255 e. The number of amides is 1. The maximum atomic E-state index is 13.0. The van der Waals surface area contributed by atoms with E-state index in [1.54, 1.807) is 11.8 Å². The quantitative estimate of drug-likeness (QED) is 0.827. The molecule has 132 valence electrons. The molecule has 1 aromatic rings. The predicted molar refractivity (Wildman–Crippen MR) is 78.3 cm³/mol. The lowest BCUT2D eigenvalue weighted by Gasteiger charge is -2.42. The predicted octanol–water partition coefficient (Wildman–Crippen LogP) is 2.64. The summed E-state index contributed by atoms with van der Waals surface area (Å²) in [5, 5.41) is 3.80. The Kier molecular flexibility index (Phi) is 3.63. The lowest BCUT2D eigenvalue weighted by molar-refractivity contribution is -0.164. The van der Waals surface area contributed by atoms with Crippen LogP contribution in [0.15, 0.2) is 4.52 Å². The Morgan fingerprint density at radius 1 is 1.25 bits per heavy atom. The molecule has 0 N–H and O–H groups in total. The summed E-state index contributed by atoms with van der Waals surface area (Å²) in [6.45, 7) is 2.90. The second kappa shape index (κ2) is 5.47. The lowest BCUT2D eigenvalue weighted by Crippen LogP contribution is -2.52. The standard InChI is InChI=1S/C16H21F2N3O3/c1-10-19-13(24-20-10)12-2-3-15(23-12)4-6-21(7-5-15)14(22)11-8-16(17,18)9-11/h11-12H,2-9H2,1H3/t12-/m1/s1. The van der Waals surface area contributed by atoms with Gasteiger partial charge in [0.15, 0.2) is 5.82 Å². The highest BCUT2D eigenvalue weighted by atomic mass is 19.3. The monoisotopic (exact) mass is 341 g/mol. The summed E-state index contributed by atoms with van der Waals surface area (Å²) in [7, 11) is 0. The van der Waals surface area contributed by atoms with Crippen molar-refractivity contribution in [2.45, 2.75) is 63.1 Å². The van der Waals surface area contributed by atoms with Crippen LogP contribution in [0, 0.1) is 12.8 Å². The Morgan fingerprint density at radius 2 is 1.96 bits per heavy atom. The summed E-state index contributed by atoms with van der Waals surface area (Å²) < 4.78 is 37.3. The average molecular weight is 341 g/mol. The molecule has 8 heteroatoms. The van der Waals surface area contributed by atoms with Gasteiger partial charge in [-0.2, -0.15) is 4.98 Å². The van der Waals surface area contributed by atoms with Crippen LogP contribution >= 0.6 is 0 Å². The van der Waals surface area contributed by atoms with Gasteiger partial charge >= 0.3 is 0 Å². The fourth-order valence-electron chi connectivity index (χ4n) is 4.03. The molecule has 0 aromatic carbocycles. The van der Waals surface area contributed by atoms with Crippen molar-refractivity contribution >= 4 is 5.91 Å². The Balaban J connectivity index is 1.32. The smallest absolute Gasteiger partial charge is 0.255 e. The van der Waals surface area contributed by atoms with E-state index in [4.69, 9.17) is 9.26 Å². The van der Waals surface area contributed by atoms with Gasteiger partial charge in [0.2, 0.25) is 11.8 Å².